The highest BCUT2D eigenvalue weighted by molar-refractivity contribution is 7.89. The van der Waals surface area contributed by atoms with Crippen molar-refractivity contribution in [1.82, 2.24) is 0 Å². The van der Waals surface area contributed by atoms with Gasteiger partial charge in [-0.1, -0.05) is 0 Å². The van der Waals surface area contributed by atoms with E-state index in [0.717, 1.165) is 11.4 Å². The maximum atomic E-state index is 11.6. The van der Waals surface area contributed by atoms with Gasteiger partial charge in [0.25, 0.3) is 0 Å². The quantitative estimate of drug-likeness (QED) is 0.749. The summed E-state index contributed by atoms with van der Waals surface area (Å²) >= 11 is 0. The number of benzene rings is 2. The molecule has 2 aromatic carbocycles. The third kappa shape index (κ3) is 3.45. The number of anilines is 3. The molecule has 0 radical (unpaired) electrons. The molecule has 0 aliphatic rings. The molecule has 0 unspecified atom stereocenters. The molecule has 21 heavy (non-hydrogen) atoms. The molecular formula is C14H17N3O3S. The van der Waals surface area contributed by atoms with Crippen molar-refractivity contribution in [3.8, 4) is 5.75 Å². The molecule has 0 aliphatic heterocycles. The minimum absolute atomic E-state index is 0.0125. The molecule has 0 bridgehead atoms. The Morgan fingerprint density at radius 1 is 1.14 bits per heavy atom. The molecule has 5 N–H and O–H groups in total. The summed E-state index contributed by atoms with van der Waals surface area (Å²) in [6.45, 7) is 1.67. The van der Waals surface area contributed by atoms with Crippen LogP contribution in [0, 0.1) is 6.92 Å². The van der Waals surface area contributed by atoms with E-state index in [1.807, 2.05) is 12.1 Å². The molecule has 7 heteroatoms. The zero-order chi connectivity index (χ0) is 15.6. The maximum Gasteiger partial charge on any atom is 0.238 e. The SMILES string of the molecule is COc1ccc(Nc2cc(N)cc(S(N)(=O)=O)c2C)cc1. The van der Waals surface area contributed by atoms with Crippen molar-refractivity contribution < 1.29 is 13.2 Å². The van der Waals surface area contributed by atoms with Gasteiger partial charge in [-0.25, -0.2) is 13.6 Å². The van der Waals surface area contributed by atoms with Gasteiger partial charge in [-0.2, -0.15) is 0 Å². The number of sulfonamides is 1. The van der Waals surface area contributed by atoms with Crippen molar-refractivity contribution in [3.05, 3.63) is 42.0 Å². The van der Waals surface area contributed by atoms with Crippen molar-refractivity contribution >= 4 is 27.1 Å². The molecule has 0 atom stereocenters. The van der Waals surface area contributed by atoms with Crippen LogP contribution in [-0.4, -0.2) is 15.5 Å². The third-order valence-corrected chi connectivity index (χ3v) is 4.10. The second-order valence-electron chi connectivity index (χ2n) is 4.59. The van der Waals surface area contributed by atoms with Crippen LogP contribution in [0.15, 0.2) is 41.3 Å². The van der Waals surface area contributed by atoms with Crippen molar-refractivity contribution in [1.29, 1.82) is 0 Å². The first kappa shape index (κ1) is 15.1. The van der Waals surface area contributed by atoms with Crippen LogP contribution in [0.25, 0.3) is 0 Å². The smallest absolute Gasteiger partial charge is 0.238 e. The predicted octanol–water partition coefficient (Wildman–Crippen LogP) is 1.98. The average Bonchev–Trinajstić information content (AvgIpc) is 2.42. The fraction of sp³-hybridized carbons (Fsp3) is 0.143. The Balaban J connectivity index is 2.42. The number of hydrogen-bond donors (Lipinski definition) is 3. The number of ether oxygens (including phenoxy) is 1. The van der Waals surface area contributed by atoms with E-state index in [-0.39, 0.29) is 4.90 Å². The van der Waals surface area contributed by atoms with Crippen LogP contribution >= 0.6 is 0 Å². The predicted molar refractivity (Wildman–Crippen MR) is 83.2 cm³/mol. The maximum absolute atomic E-state index is 11.6. The Labute approximate surface area is 123 Å². The van der Waals surface area contributed by atoms with Crippen LogP contribution in [0.4, 0.5) is 17.1 Å². The topological polar surface area (TPSA) is 107 Å². The monoisotopic (exact) mass is 307 g/mol. The largest absolute Gasteiger partial charge is 0.497 e. The number of methoxy groups -OCH3 is 1. The van der Waals surface area contributed by atoms with E-state index >= 15 is 0 Å². The van der Waals surface area contributed by atoms with Crippen LogP contribution in [0.3, 0.4) is 0 Å². The lowest BCUT2D eigenvalue weighted by molar-refractivity contribution is 0.415. The number of nitrogens with one attached hydrogen (secondary N) is 1. The summed E-state index contributed by atoms with van der Waals surface area (Å²) in [4.78, 5) is 0.0125. The molecule has 0 amide bonds. The number of nitrogens with two attached hydrogens (primary N) is 2. The van der Waals surface area contributed by atoms with Crippen molar-refractivity contribution in [2.75, 3.05) is 18.2 Å². The molecule has 0 spiro atoms. The summed E-state index contributed by atoms with van der Waals surface area (Å²) in [5.41, 5.74) is 7.95. The Morgan fingerprint density at radius 2 is 1.76 bits per heavy atom. The minimum Gasteiger partial charge on any atom is -0.497 e. The summed E-state index contributed by atoms with van der Waals surface area (Å²) in [5.74, 6) is 0.732. The number of rotatable bonds is 4. The van der Waals surface area contributed by atoms with E-state index in [4.69, 9.17) is 15.6 Å². The minimum atomic E-state index is -3.82. The van der Waals surface area contributed by atoms with E-state index in [1.165, 1.54) is 6.07 Å². The lowest BCUT2D eigenvalue weighted by Gasteiger charge is -2.14. The van der Waals surface area contributed by atoms with E-state index in [9.17, 15) is 8.42 Å². The molecule has 6 nitrogen and oxygen atoms in total. The van der Waals surface area contributed by atoms with Gasteiger partial charge in [-0.15, -0.1) is 0 Å². The molecule has 2 aromatic rings. The number of hydrogen-bond acceptors (Lipinski definition) is 5. The van der Waals surface area contributed by atoms with Gasteiger partial charge in [0.15, 0.2) is 0 Å². The van der Waals surface area contributed by atoms with Gasteiger partial charge >= 0.3 is 0 Å². The summed E-state index contributed by atoms with van der Waals surface area (Å²) < 4.78 is 28.2. The van der Waals surface area contributed by atoms with E-state index in [1.54, 1.807) is 32.2 Å². The van der Waals surface area contributed by atoms with Crippen molar-refractivity contribution in [2.45, 2.75) is 11.8 Å². The lowest BCUT2D eigenvalue weighted by Crippen LogP contribution is -2.15. The Morgan fingerprint density at radius 3 is 2.29 bits per heavy atom. The van der Waals surface area contributed by atoms with E-state index < -0.39 is 10.0 Å². The fourth-order valence-corrected chi connectivity index (χ4v) is 2.80. The normalized spacial score (nSPS) is 11.2. The van der Waals surface area contributed by atoms with Crippen molar-refractivity contribution in [3.63, 3.8) is 0 Å². The van der Waals surface area contributed by atoms with Gasteiger partial charge in [-0.05, 0) is 48.9 Å². The Bertz CT molecular complexity index is 756. The number of primary sulfonamides is 1. The van der Waals surface area contributed by atoms with Gasteiger partial charge < -0.3 is 15.8 Å². The van der Waals surface area contributed by atoms with Gasteiger partial charge in [0.05, 0.1) is 12.0 Å². The second-order valence-corrected chi connectivity index (χ2v) is 6.12. The van der Waals surface area contributed by atoms with E-state index in [2.05, 4.69) is 5.32 Å². The van der Waals surface area contributed by atoms with Gasteiger partial charge in [0, 0.05) is 17.1 Å². The molecule has 0 saturated carbocycles. The molecule has 0 aliphatic carbocycles. The zero-order valence-corrected chi connectivity index (χ0v) is 12.6. The van der Waals surface area contributed by atoms with Crippen LogP contribution < -0.4 is 20.9 Å². The molecule has 2 rings (SSSR count). The van der Waals surface area contributed by atoms with Crippen LogP contribution in [0.1, 0.15) is 5.56 Å². The fourth-order valence-electron chi connectivity index (χ4n) is 1.96. The average molecular weight is 307 g/mol. The van der Waals surface area contributed by atoms with Crippen LogP contribution in [-0.2, 0) is 10.0 Å². The van der Waals surface area contributed by atoms with Gasteiger partial charge in [0.2, 0.25) is 10.0 Å². The Hall–Kier alpha value is -2.25. The molecule has 0 fully saturated rings. The molecule has 0 heterocycles. The summed E-state index contributed by atoms with van der Waals surface area (Å²) in [7, 11) is -2.24. The van der Waals surface area contributed by atoms with Gasteiger partial charge in [-0.3, -0.25) is 0 Å². The first-order valence-electron chi connectivity index (χ1n) is 6.15. The van der Waals surface area contributed by atoms with Crippen LogP contribution in [0.2, 0.25) is 0 Å². The van der Waals surface area contributed by atoms with Crippen LogP contribution in [0.5, 0.6) is 5.75 Å². The molecule has 0 saturated heterocycles. The highest BCUT2D eigenvalue weighted by Crippen LogP contribution is 2.29. The molecule has 0 aromatic heterocycles. The summed E-state index contributed by atoms with van der Waals surface area (Å²) in [6.07, 6.45) is 0. The number of nitrogen functional groups attached to an aromatic ring is 1. The molecular weight excluding hydrogens is 290 g/mol. The standard InChI is InChI=1S/C14H17N3O3S/c1-9-13(7-10(15)8-14(9)21(16,18)19)17-11-3-5-12(20-2)6-4-11/h3-8,17H,15H2,1-2H3,(H2,16,18,19). The lowest BCUT2D eigenvalue weighted by atomic mass is 10.1. The van der Waals surface area contributed by atoms with E-state index in [0.29, 0.717) is 16.9 Å². The Kier molecular flexibility index (Phi) is 4.06. The summed E-state index contributed by atoms with van der Waals surface area (Å²) in [6, 6.07) is 10.2. The second kappa shape index (κ2) is 5.63. The third-order valence-electron chi connectivity index (χ3n) is 3.06. The zero-order valence-electron chi connectivity index (χ0n) is 11.8. The highest BCUT2D eigenvalue weighted by atomic mass is 32.2. The summed E-state index contributed by atoms with van der Waals surface area (Å²) in [5, 5.41) is 8.32. The van der Waals surface area contributed by atoms with Crippen molar-refractivity contribution in [2.24, 2.45) is 5.14 Å². The molecule has 112 valence electrons. The first-order valence-corrected chi connectivity index (χ1v) is 7.70. The first-order chi connectivity index (χ1) is 9.81. The highest BCUT2D eigenvalue weighted by Gasteiger charge is 2.15. The van der Waals surface area contributed by atoms with Gasteiger partial charge in [0.1, 0.15) is 5.75 Å².